The minimum absolute atomic E-state index is 0.0907. The number of aryl methyl sites for hydroxylation is 1. The molecule has 2 heterocycles. The van der Waals surface area contributed by atoms with Crippen LogP contribution in [0.2, 0.25) is 0 Å². The van der Waals surface area contributed by atoms with Gasteiger partial charge in [0.05, 0.1) is 12.2 Å². The SMILES string of the molecule is CCNC(=NCc1nc(C(C)(C)C)cs1)NC1CCN(Cc2ccccc2C)CC1. The molecular formula is C24H37N5S. The summed E-state index contributed by atoms with van der Waals surface area (Å²) in [5.74, 6) is 0.905. The van der Waals surface area contributed by atoms with Crippen LogP contribution in [-0.2, 0) is 18.5 Å². The van der Waals surface area contributed by atoms with Gasteiger partial charge in [-0.3, -0.25) is 4.90 Å². The Morgan fingerprint density at radius 2 is 1.97 bits per heavy atom. The smallest absolute Gasteiger partial charge is 0.191 e. The molecule has 0 amide bonds. The van der Waals surface area contributed by atoms with E-state index in [1.165, 1.54) is 11.1 Å². The van der Waals surface area contributed by atoms with Crippen LogP contribution < -0.4 is 10.6 Å². The lowest BCUT2D eigenvalue weighted by Gasteiger charge is -2.33. The van der Waals surface area contributed by atoms with E-state index in [0.717, 1.165) is 55.7 Å². The second-order valence-electron chi connectivity index (χ2n) is 9.19. The van der Waals surface area contributed by atoms with Crippen molar-refractivity contribution in [1.82, 2.24) is 20.5 Å². The number of rotatable bonds is 6. The highest BCUT2D eigenvalue weighted by Crippen LogP contribution is 2.24. The number of benzene rings is 1. The Hall–Kier alpha value is -1.92. The van der Waals surface area contributed by atoms with Gasteiger partial charge in [-0.2, -0.15) is 0 Å². The van der Waals surface area contributed by atoms with E-state index in [1.54, 1.807) is 11.3 Å². The number of piperidine rings is 1. The van der Waals surface area contributed by atoms with Crippen LogP contribution in [0.1, 0.15) is 62.4 Å². The number of nitrogens with one attached hydrogen (secondary N) is 2. The Labute approximate surface area is 186 Å². The fourth-order valence-electron chi connectivity index (χ4n) is 3.65. The molecular weight excluding hydrogens is 390 g/mol. The zero-order chi connectivity index (χ0) is 21.6. The first kappa shape index (κ1) is 22.8. The quantitative estimate of drug-likeness (QED) is 0.528. The second kappa shape index (κ2) is 10.4. The molecule has 5 nitrogen and oxygen atoms in total. The molecule has 0 bridgehead atoms. The molecule has 0 atom stereocenters. The normalized spacial score (nSPS) is 16.6. The van der Waals surface area contributed by atoms with Crippen molar-refractivity contribution in [1.29, 1.82) is 0 Å². The van der Waals surface area contributed by atoms with Crippen LogP contribution >= 0.6 is 11.3 Å². The summed E-state index contributed by atoms with van der Waals surface area (Å²) in [6.07, 6.45) is 2.28. The summed E-state index contributed by atoms with van der Waals surface area (Å²) in [6, 6.07) is 9.18. The number of aliphatic imine (C=N–C) groups is 1. The molecule has 0 saturated carbocycles. The van der Waals surface area contributed by atoms with E-state index in [0.29, 0.717) is 12.6 Å². The summed E-state index contributed by atoms with van der Waals surface area (Å²) in [5.41, 5.74) is 4.07. The van der Waals surface area contributed by atoms with E-state index < -0.39 is 0 Å². The van der Waals surface area contributed by atoms with Crippen molar-refractivity contribution >= 4 is 17.3 Å². The van der Waals surface area contributed by atoms with Crippen molar-refractivity contribution in [2.45, 2.75) is 72.0 Å². The molecule has 1 aliphatic heterocycles. The Morgan fingerprint density at radius 3 is 2.60 bits per heavy atom. The van der Waals surface area contributed by atoms with Gasteiger partial charge in [0, 0.05) is 43.0 Å². The molecule has 1 saturated heterocycles. The number of aromatic nitrogens is 1. The van der Waals surface area contributed by atoms with Gasteiger partial charge in [-0.25, -0.2) is 9.98 Å². The number of likely N-dealkylation sites (tertiary alicyclic amines) is 1. The predicted octanol–water partition coefficient (Wildman–Crippen LogP) is 4.47. The molecule has 6 heteroatoms. The number of nitrogens with zero attached hydrogens (tertiary/aromatic N) is 3. The Balaban J connectivity index is 1.51. The van der Waals surface area contributed by atoms with E-state index in [4.69, 9.17) is 9.98 Å². The maximum Gasteiger partial charge on any atom is 0.191 e. The van der Waals surface area contributed by atoms with E-state index >= 15 is 0 Å². The average Bonchev–Trinajstić information content (AvgIpc) is 3.19. The molecule has 2 N–H and O–H groups in total. The molecule has 1 aromatic heterocycles. The molecule has 0 unspecified atom stereocenters. The van der Waals surface area contributed by atoms with Gasteiger partial charge in [-0.15, -0.1) is 11.3 Å². The Morgan fingerprint density at radius 1 is 1.23 bits per heavy atom. The van der Waals surface area contributed by atoms with Gasteiger partial charge >= 0.3 is 0 Å². The van der Waals surface area contributed by atoms with Crippen LogP contribution in [0.4, 0.5) is 0 Å². The van der Waals surface area contributed by atoms with Gasteiger partial charge in [0.15, 0.2) is 5.96 Å². The first-order chi connectivity index (χ1) is 14.3. The number of guanidine groups is 1. The second-order valence-corrected chi connectivity index (χ2v) is 10.1. The van der Waals surface area contributed by atoms with Crippen molar-refractivity contribution in [3.8, 4) is 0 Å². The van der Waals surface area contributed by atoms with Gasteiger partial charge in [0.1, 0.15) is 5.01 Å². The van der Waals surface area contributed by atoms with Crippen LogP contribution in [0.15, 0.2) is 34.6 Å². The highest BCUT2D eigenvalue weighted by atomic mass is 32.1. The summed E-state index contributed by atoms with van der Waals surface area (Å²) < 4.78 is 0. The van der Waals surface area contributed by atoms with Crippen LogP contribution in [0.3, 0.4) is 0 Å². The maximum atomic E-state index is 4.80. The predicted molar refractivity (Wildman–Crippen MR) is 128 cm³/mol. The van der Waals surface area contributed by atoms with Crippen molar-refractivity contribution in [2.75, 3.05) is 19.6 Å². The average molecular weight is 428 g/mol. The van der Waals surface area contributed by atoms with Crippen molar-refractivity contribution < 1.29 is 0 Å². The molecule has 1 aromatic carbocycles. The molecule has 1 aliphatic rings. The Bertz CT molecular complexity index is 828. The Kier molecular flexibility index (Phi) is 7.89. The van der Waals surface area contributed by atoms with Crippen LogP contribution in [0.25, 0.3) is 0 Å². The van der Waals surface area contributed by atoms with E-state index in [9.17, 15) is 0 Å². The van der Waals surface area contributed by atoms with Crippen LogP contribution in [-0.4, -0.2) is 41.5 Å². The fraction of sp³-hybridized carbons (Fsp3) is 0.583. The van der Waals surface area contributed by atoms with Gasteiger partial charge in [-0.1, -0.05) is 45.0 Å². The lowest BCUT2D eigenvalue weighted by Crippen LogP contribution is -2.48. The third-order valence-corrected chi connectivity index (χ3v) is 6.45. The van der Waals surface area contributed by atoms with E-state index in [1.807, 2.05) is 0 Å². The van der Waals surface area contributed by atoms with Crippen LogP contribution in [0.5, 0.6) is 0 Å². The summed E-state index contributed by atoms with van der Waals surface area (Å²) in [6.45, 7) is 15.7. The topological polar surface area (TPSA) is 52.6 Å². The third kappa shape index (κ3) is 6.54. The number of hydrogen-bond donors (Lipinski definition) is 2. The zero-order valence-electron chi connectivity index (χ0n) is 19.2. The lowest BCUT2D eigenvalue weighted by molar-refractivity contribution is 0.198. The molecule has 164 valence electrons. The van der Waals surface area contributed by atoms with Gasteiger partial charge in [0.2, 0.25) is 0 Å². The minimum atomic E-state index is 0.0907. The highest BCUT2D eigenvalue weighted by molar-refractivity contribution is 7.09. The maximum absolute atomic E-state index is 4.80. The first-order valence-electron chi connectivity index (χ1n) is 11.1. The van der Waals surface area contributed by atoms with Crippen LogP contribution in [0, 0.1) is 6.92 Å². The molecule has 0 radical (unpaired) electrons. The molecule has 3 rings (SSSR count). The molecule has 0 aliphatic carbocycles. The van der Waals surface area contributed by atoms with Crippen molar-refractivity contribution in [3.05, 3.63) is 51.5 Å². The summed E-state index contributed by atoms with van der Waals surface area (Å²) >= 11 is 1.70. The highest BCUT2D eigenvalue weighted by Gasteiger charge is 2.21. The van der Waals surface area contributed by atoms with Gasteiger partial charge < -0.3 is 10.6 Å². The van der Waals surface area contributed by atoms with Gasteiger partial charge in [-0.05, 0) is 37.8 Å². The zero-order valence-corrected chi connectivity index (χ0v) is 20.0. The monoisotopic (exact) mass is 427 g/mol. The van der Waals surface area contributed by atoms with Crippen molar-refractivity contribution in [3.63, 3.8) is 0 Å². The third-order valence-electron chi connectivity index (χ3n) is 5.62. The van der Waals surface area contributed by atoms with Gasteiger partial charge in [0.25, 0.3) is 0 Å². The summed E-state index contributed by atoms with van der Waals surface area (Å²) in [4.78, 5) is 12.1. The largest absolute Gasteiger partial charge is 0.357 e. The van der Waals surface area contributed by atoms with Crippen molar-refractivity contribution in [2.24, 2.45) is 4.99 Å². The van der Waals surface area contributed by atoms with E-state index in [2.05, 4.69) is 79.8 Å². The fourth-order valence-corrected chi connectivity index (χ4v) is 4.60. The molecule has 1 fully saturated rings. The molecule has 30 heavy (non-hydrogen) atoms. The van der Waals surface area contributed by atoms with E-state index in [-0.39, 0.29) is 5.41 Å². The summed E-state index contributed by atoms with van der Waals surface area (Å²) in [7, 11) is 0. The standard InChI is InChI=1S/C24H37N5S/c1-6-25-23(26-15-22-28-21(17-30-22)24(3,4)5)27-20-11-13-29(14-12-20)16-19-10-8-7-9-18(19)2/h7-10,17,20H,6,11-16H2,1-5H3,(H2,25,26,27). The molecule has 0 spiro atoms. The number of thiazole rings is 1. The summed E-state index contributed by atoms with van der Waals surface area (Å²) in [5, 5.41) is 10.3. The molecule has 2 aromatic rings. The number of hydrogen-bond acceptors (Lipinski definition) is 4. The minimum Gasteiger partial charge on any atom is -0.357 e. The first-order valence-corrected chi connectivity index (χ1v) is 12.0. The lowest BCUT2D eigenvalue weighted by atomic mass is 9.93.